The van der Waals surface area contributed by atoms with Gasteiger partial charge in [0.2, 0.25) is 15.9 Å². The Morgan fingerprint density at radius 1 is 0.933 bits per heavy atom. The van der Waals surface area contributed by atoms with E-state index in [-0.39, 0.29) is 36.3 Å². The van der Waals surface area contributed by atoms with Crippen LogP contribution in [0, 0.1) is 20.8 Å². The first-order valence-corrected chi connectivity index (χ1v) is 11.3. The van der Waals surface area contributed by atoms with E-state index in [1.807, 2.05) is 26.8 Å². The highest BCUT2D eigenvalue weighted by Crippen LogP contribution is 2.20. The second-order valence-corrected chi connectivity index (χ2v) is 9.52. The van der Waals surface area contributed by atoms with E-state index in [0.717, 1.165) is 16.7 Å². The molecule has 0 saturated carbocycles. The van der Waals surface area contributed by atoms with Gasteiger partial charge in [0.15, 0.2) is 0 Å². The van der Waals surface area contributed by atoms with E-state index in [9.17, 15) is 18.0 Å². The van der Waals surface area contributed by atoms with Crippen LogP contribution in [0.25, 0.3) is 0 Å². The minimum atomic E-state index is -3.59. The molecule has 2 aromatic rings. The summed E-state index contributed by atoms with van der Waals surface area (Å²) in [5.74, 6) is -0.526. The maximum Gasteiger partial charge on any atom is 0.251 e. The maximum absolute atomic E-state index is 12.9. The van der Waals surface area contributed by atoms with E-state index in [2.05, 4.69) is 5.32 Å². The predicted octanol–water partition coefficient (Wildman–Crippen LogP) is 1.87. The van der Waals surface area contributed by atoms with Crippen molar-refractivity contribution in [2.24, 2.45) is 0 Å². The summed E-state index contributed by atoms with van der Waals surface area (Å²) in [6, 6.07) is 12.3. The number of nitrogens with one attached hydrogen (secondary N) is 1. The van der Waals surface area contributed by atoms with Gasteiger partial charge >= 0.3 is 0 Å². The molecular formula is C22H27N3O4S. The van der Waals surface area contributed by atoms with Gasteiger partial charge in [-0.1, -0.05) is 23.8 Å². The molecule has 0 atom stereocenters. The van der Waals surface area contributed by atoms with Crippen LogP contribution < -0.4 is 5.32 Å². The fourth-order valence-corrected chi connectivity index (χ4v) is 4.87. The molecule has 1 heterocycles. The third-order valence-electron chi connectivity index (χ3n) is 5.39. The molecule has 3 rings (SSSR count). The molecule has 1 saturated heterocycles. The van der Waals surface area contributed by atoms with Crippen molar-refractivity contribution in [3.8, 4) is 0 Å². The molecule has 0 aliphatic carbocycles. The lowest BCUT2D eigenvalue weighted by Gasteiger charge is -2.34. The highest BCUT2D eigenvalue weighted by atomic mass is 32.2. The van der Waals surface area contributed by atoms with Crippen molar-refractivity contribution in [2.45, 2.75) is 25.7 Å². The summed E-state index contributed by atoms with van der Waals surface area (Å²) in [6.45, 7) is 6.65. The molecule has 0 radical (unpaired) electrons. The third-order valence-corrected chi connectivity index (χ3v) is 7.28. The SMILES string of the molecule is Cc1cccc(C(=O)NCC(=O)N2CCN(S(=O)(=O)c3ccc(C)c(C)c3)CC2)c1. The molecule has 160 valence electrons. The number of benzene rings is 2. The Morgan fingerprint density at radius 3 is 2.27 bits per heavy atom. The molecule has 0 unspecified atom stereocenters. The number of amides is 2. The lowest BCUT2D eigenvalue weighted by atomic mass is 10.1. The molecule has 8 heteroatoms. The van der Waals surface area contributed by atoms with Crippen LogP contribution in [0.2, 0.25) is 0 Å². The van der Waals surface area contributed by atoms with Crippen LogP contribution in [0.1, 0.15) is 27.0 Å². The summed E-state index contributed by atoms with van der Waals surface area (Å²) in [6.07, 6.45) is 0. The molecular weight excluding hydrogens is 402 g/mol. The molecule has 0 spiro atoms. The highest BCUT2D eigenvalue weighted by Gasteiger charge is 2.30. The van der Waals surface area contributed by atoms with E-state index in [4.69, 9.17) is 0 Å². The lowest BCUT2D eigenvalue weighted by Crippen LogP contribution is -2.52. The molecule has 1 N–H and O–H groups in total. The molecule has 2 amide bonds. The van der Waals surface area contributed by atoms with Crippen LogP contribution in [0.4, 0.5) is 0 Å². The van der Waals surface area contributed by atoms with E-state index in [0.29, 0.717) is 18.7 Å². The zero-order valence-electron chi connectivity index (χ0n) is 17.5. The Kier molecular flexibility index (Phi) is 6.58. The lowest BCUT2D eigenvalue weighted by molar-refractivity contribution is -0.131. The number of rotatable bonds is 5. The number of carbonyl (C=O) groups excluding carboxylic acids is 2. The second-order valence-electron chi connectivity index (χ2n) is 7.58. The van der Waals surface area contributed by atoms with Crippen molar-refractivity contribution in [1.29, 1.82) is 0 Å². The molecule has 1 aliphatic heterocycles. The number of aryl methyl sites for hydroxylation is 3. The van der Waals surface area contributed by atoms with Crippen LogP contribution in [0.3, 0.4) is 0 Å². The van der Waals surface area contributed by atoms with Gasteiger partial charge in [0.05, 0.1) is 11.4 Å². The standard InChI is InChI=1S/C22H27N3O4S/c1-16-5-4-6-19(13-16)22(27)23-15-21(26)24-9-11-25(12-10-24)30(28,29)20-8-7-17(2)18(3)14-20/h4-8,13-14H,9-12,15H2,1-3H3,(H,23,27). The van der Waals surface area contributed by atoms with Crippen LogP contribution in [0.5, 0.6) is 0 Å². The van der Waals surface area contributed by atoms with Gasteiger partial charge < -0.3 is 10.2 Å². The number of piperazine rings is 1. The van der Waals surface area contributed by atoms with E-state index in [1.54, 1.807) is 41.3 Å². The second kappa shape index (κ2) is 8.97. The van der Waals surface area contributed by atoms with E-state index < -0.39 is 10.0 Å². The highest BCUT2D eigenvalue weighted by molar-refractivity contribution is 7.89. The van der Waals surface area contributed by atoms with Gasteiger partial charge in [0.25, 0.3) is 5.91 Å². The molecule has 1 aliphatic rings. The third kappa shape index (κ3) is 4.88. The monoisotopic (exact) mass is 429 g/mol. The van der Waals surface area contributed by atoms with E-state index >= 15 is 0 Å². The minimum absolute atomic E-state index is 0.114. The minimum Gasteiger partial charge on any atom is -0.343 e. The first-order chi connectivity index (χ1) is 14.2. The summed E-state index contributed by atoms with van der Waals surface area (Å²) in [7, 11) is -3.59. The van der Waals surface area contributed by atoms with Gasteiger partial charge in [-0.15, -0.1) is 0 Å². The average Bonchev–Trinajstić information content (AvgIpc) is 2.73. The fourth-order valence-electron chi connectivity index (χ4n) is 3.36. The summed E-state index contributed by atoms with van der Waals surface area (Å²) in [5, 5.41) is 2.64. The molecule has 7 nitrogen and oxygen atoms in total. The Bertz CT molecular complexity index is 1060. The van der Waals surface area contributed by atoms with Crippen molar-refractivity contribution in [2.75, 3.05) is 32.7 Å². The first kappa shape index (κ1) is 22.0. The molecule has 2 aromatic carbocycles. The quantitative estimate of drug-likeness (QED) is 0.786. The smallest absolute Gasteiger partial charge is 0.251 e. The van der Waals surface area contributed by atoms with Gasteiger partial charge in [0.1, 0.15) is 0 Å². The summed E-state index contributed by atoms with van der Waals surface area (Å²) >= 11 is 0. The Hall–Kier alpha value is -2.71. The Morgan fingerprint density at radius 2 is 1.63 bits per heavy atom. The number of nitrogens with zero attached hydrogens (tertiary/aromatic N) is 2. The van der Waals surface area contributed by atoms with Crippen LogP contribution >= 0.6 is 0 Å². The number of sulfonamides is 1. The van der Waals surface area contributed by atoms with Crippen molar-refractivity contribution >= 4 is 21.8 Å². The Labute approximate surface area is 177 Å². The molecule has 30 heavy (non-hydrogen) atoms. The van der Waals surface area contributed by atoms with Crippen molar-refractivity contribution in [3.05, 3.63) is 64.7 Å². The molecule has 0 bridgehead atoms. The van der Waals surface area contributed by atoms with Crippen molar-refractivity contribution in [1.82, 2.24) is 14.5 Å². The first-order valence-electron chi connectivity index (χ1n) is 9.88. The summed E-state index contributed by atoms with van der Waals surface area (Å²) < 4.78 is 27.2. The maximum atomic E-state index is 12.9. The van der Waals surface area contributed by atoms with Gasteiger partial charge in [-0.2, -0.15) is 4.31 Å². The number of hydrogen-bond donors (Lipinski definition) is 1. The number of hydrogen-bond acceptors (Lipinski definition) is 4. The van der Waals surface area contributed by atoms with Crippen LogP contribution in [-0.2, 0) is 14.8 Å². The summed E-state index contributed by atoms with van der Waals surface area (Å²) in [4.78, 5) is 26.5. The van der Waals surface area contributed by atoms with Crippen LogP contribution in [-0.4, -0.2) is 62.2 Å². The average molecular weight is 430 g/mol. The van der Waals surface area contributed by atoms with Gasteiger partial charge in [-0.25, -0.2) is 8.42 Å². The predicted molar refractivity (Wildman–Crippen MR) is 115 cm³/mol. The topological polar surface area (TPSA) is 86.8 Å². The zero-order chi connectivity index (χ0) is 21.9. The largest absolute Gasteiger partial charge is 0.343 e. The summed E-state index contributed by atoms with van der Waals surface area (Å²) in [5.41, 5.74) is 3.44. The normalized spacial score (nSPS) is 15.1. The van der Waals surface area contributed by atoms with Crippen molar-refractivity contribution in [3.63, 3.8) is 0 Å². The van der Waals surface area contributed by atoms with Crippen molar-refractivity contribution < 1.29 is 18.0 Å². The van der Waals surface area contributed by atoms with Crippen LogP contribution in [0.15, 0.2) is 47.4 Å². The fraction of sp³-hybridized carbons (Fsp3) is 0.364. The zero-order valence-corrected chi connectivity index (χ0v) is 18.3. The van der Waals surface area contributed by atoms with Gasteiger partial charge in [-0.3, -0.25) is 9.59 Å². The van der Waals surface area contributed by atoms with Gasteiger partial charge in [0, 0.05) is 31.7 Å². The van der Waals surface area contributed by atoms with Gasteiger partial charge in [-0.05, 0) is 56.2 Å². The Balaban J connectivity index is 1.55. The molecule has 0 aromatic heterocycles. The number of carbonyl (C=O) groups is 2. The van der Waals surface area contributed by atoms with E-state index in [1.165, 1.54) is 4.31 Å². The molecule has 1 fully saturated rings.